The summed E-state index contributed by atoms with van der Waals surface area (Å²) in [5.41, 5.74) is 1.57. The third-order valence-corrected chi connectivity index (χ3v) is 6.35. The highest BCUT2D eigenvalue weighted by Gasteiger charge is 2.20. The second-order valence-electron chi connectivity index (χ2n) is 9.28. The minimum atomic E-state index is -0.809. The van der Waals surface area contributed by atoms with E-state index in [4.69, 9.17) is 4.74 Å². The van der Waals surface area contributed by atoms with E-state index < -0.39 is 11.9 Å². The van der Waals surface area contributed by atoms with Crippen LogP contribution < -0.4 is 4.74 Å². The number of carboxylic acids is 1. The first-order valence-corrected chi connectivity index (χ1v) is 13.4. The summed E-state index contributed by atoms with van der Waals surface area (Å²) in [6.45, 7) is 5.12. The fourth-order valence-electron chi connectivity index (χ4n) is 4.18. The Bertz CT molecular complexity index is 790. The summed E-state index contributed by atoms with van der Waals surface area (Å²) < 4.78 is 5.89. The van der Waals surface area contributed by atoms with Crippen LogP contribution in [-0.4, -0.2) is 27.7 Å². The highest BCUT2D eigenvalue weighted by Crippen LogP contribution is 2.24. The molecule has 1 heterocycles. The van der Waals surface area contributed by atoms with Crippen LogP contribution in [0.25, 0.3) is 11.4 Å². The molecule has 2 rings (SSSR count). The van der Waals surface area contributed by atoms with Crippen molar-refractivity contribution in [3.63, 3.8) is 0 Å². The lowest BCUT2D eigenvalue weighted by Crippen LogP contribution is -2.12. The molecule has 1 aromatic carbocycles. The molecule has 0 spiro atoms. The van der Waals surface area contributed by atoms with Gasteiger partial charge in [0.25, 0.3) is 0 Å². The Hall–Kier alpha value is -2.43. The van der Waals surface area contributed by atoms with Crippen molar-refractivity contribution in [3.8, 4) is 17.1 Å². The number of aliphatic carboxylic acids is 1. The van der Waals surface area contributed by atoms with Crippen LogP contribution in [0.3, 0.4) is 0 Å². The van der Waals surface area contributed by atoms with E-state index in [0.29, 0.717) is 17.8 Å². The number of rotatable bonds is 19. The summed E-state index contributed by atoms with van der Waals surface area (Å²) in [4.78, 5) is 20.5. The first-order chi connectivity index (χ1) is 16.7. The summed E-state index contributed by atoms with van der Waals surface area (Å²) in [6, 6.07) is 7.82. The van der Waals surface area contributed by atoms with Gasteiger partial charge in [0, 0.05) is 23.5 Å². The number of hydrogen-bond acceptors (Lipinski definition) is 4. The Labute approximate surface area is 206 Å². The van der Waals surface area contributed by atoms with Crippen LogP contribution in [0, 0.1) is 0 Å². The van der Waals surface area contributed by atoms with Crippen LogP contribution in [0.15, 0.2) is 36.7 Å². The molecule has 5 nitrogen and oxygen atoms in total. The molecule has 0 saturated carbocycles. The predicted octanol–water partition coefficient (Wildman–Crippen LogP) is 8.19. The summed E-state index contributed by atoms with van der Waals surface area (Å²) in [6.07, 6.45) is 20.1. The third-order valence-electron chi connectivity index (χ3n) is 6.35. The average molecular weight is 469 g/mol. The number of nitrogens with zero attached hydrogens (tertiary/aromatic N) is 2. The van der Waals surface area contributed by atoms with Gasteiger partial charge in [0.2, 0.25) is 0 Å². The van der Waals surface area contributed by atoms with E-state index in [1.54, 1.807) is 12.4 Å². The van der Waals surface area contributed by atoms with E-state index in [9.17, 15) is 9.90 Å². The van der Waals surface area contributed by atoms with Crippen LogP contribution >= 0.6 is 0 Å². The standard InChI is InChI=1S/C29H44N2O3/c1-3-5-7-8-9-10-11-12-13-15-21-34-26-19-17-24(18-20-26)28-30-22-25(23-31-28)27(29(32)33)16-14-6-4-2/h17-20,22-23,27H,3-16,21H2,1-2H3,(H,32,33). The molecular weight excluding hydrogens is 424 g/mol. The van der Waals surface area contributed by atoms with E-state index in [-0.39, 0.29) is 0 Å². The number of aromatic nitrogens is 2. The molecule has 188 valence electrons. The normalized spacial score (nSPS) is 11.9. The Balaban J connectivity index is 1.70. The van der Waals surface area contributed by atoms with Gasteiger partial charge in [-0.25, -0.2) is 9.97 Å². The first-order valence-electron chi connectivity index (χ1n) is 13.4. The zero-order valence-corrected chi connectivity index (χ0v) is 21.3. The molecule has 0 radical (unpaired) electrons. The summed E-state index contributed by atoms with van der Waals surface area (Å²) >= 11 is 0. The van der Waals surface area contributed by atoms with Crippen molar-refractivity contribution in [3.05, 3.63) is 42.2 Å². The molecule has 1 atom stereocenters. The number of hydrogen-bond donors (Lipinski definition) is 1. The molecule has 0 aliphatic carbocycles. The first kappa shape index (κ1) is 27.8. The van der Waals surface area contributed by atoms with E-state index in [0.717, 1.165) is 43.6 Å². The molecule has 1 N–H and O–H groups in total. The minimum Gasteiger partial charge on any atom is -0.494 e. The monoisotopic (exact) mass is 468 g/mol. The van der Waals surface area contributed by atoms with Crippen molar-refractivity contribution in [1.29, 1.82) is 0 Å². The number of ether oxygens (including phenoxy) is 1. The predicted molar refractivity (Wildman–Crippen MR) is 139 cm³/mol. The quantitative estimate of drug-likeness (QED) is 0.210. The molecule has 1 unspecified atom stereocenters. The fraction of sp³-hybridized carbons (Fsp3) is 0.621. The van der Waals surface area contributed by atoms with Crippen LogP contribution in [-0.2, 0) is 4.79 Å². The maximum Gasteiger partial charge on any atom is 0.311 e. The summed E-state index contributed by atoms with van der Waals surface area (Å²) in [7, 11) is 0. The van der Waals surface area contributed by atoms with E-state index in [2.05, 4.69) is 23.8 Å². The zero-order valence-electron chi connectivity index (χ0n) is 21.3. The Morgan fingerprint density at radius 3 is 1.88 bits per heavy atom. The minimum absolute atomic E-state index is 0.540. The van der Waals surface area contributed by atoms with Gasteiger partial charge >= 0.3 is 5.97 Å². The molecule has 0 amide bonds. The Morgan fingerprint density at radius 1 is 0.794 bits per heavy atom. The molecular formula is C29H44N2O3. The van der Waals surface area contributed by atoms with Crippen molar-refractivity contribution in [2.24, 2.45) is 0 Å². The second-order valence-corrected chi connectivity index (χ2v) is 9.28. The zero-order chi connectivity index (χ0) is 24.4. The second kappa shape index (κ2) is 17.1. The number of carboxylic acid groups (broad SMARTS) is 1. The lowest BCUT2D eigenvalue weighted by Gasteiger charge is -2.12. The average Bonchev–Trinajstić information content (AvgIpc) is 2.85. The molecule has 2 aromatic rings. The van der Waals surface area contributed by atoms with Crippen molar-refractivity contribution in [2.75, 3.05) is 6.61 Å². The van der Waals surface area contributed by atoms with E-state index >= 15 is 0 Å². The maximum atomic E-state index is 11.6. The van der Waals surface area contributed by atoms with Crippen molar-refractivity contribution >= 4 is 5.97 Å². The number of unbranched alkanes of at least 4 members (excludes halogenated alkanes) is 11. The van der Waals surface area contributed by atoms with Gasteiger partial charge in [-0.2, -0.15) is 0 Å². The van der Waals surface area contributed by atoms with Crippen LogP contribution in [0.4, 0.5) is 0 Å². The molecule has 34 heavy (non-hydrogen) atoms. The largest absolute Gasteiger partial charge is 0.494 e. The lowest BCUT2D eigenvalue weighted by atomic mass is 9.95. The van der Waals surface area contributed by atoms with Gasteiger partial charge in [0.05, 0.1) is 12.5 Å². The van der Waals surface area contributed by atoms with E-state index in [1.807, 2.05) is 24.3 Å². The van der Waals surface area contributed by atoms with Gasteiger partial charge < -0.3 is 9.84 Å². The van der Waals surface area contributed by atoms with E-state index in [1.165, 1.54) is 57.8 Å². The molecule has 0 aliphatic heterocycles. The summed E-state index contributed by atoms with van der Waals surface area (Å²) in [5.74, 6) is 0.111. The highest BCUT2D eigenvalue weighted by molar-refractivity contribution is 5.75. The topological polar surface area (TPSA) is 72.3 Å². The molecule has 5 heteroatoms. The van der Waals surface area contributed by atoms with Crippen LogP contribution in [0.2, 0.25) is 0 Å². The maximum absolute atomic E-state index is 11.6. The van der Waals surface area contributed by atoms with Gasteiger partial charge in [0.15, 0.2) is 5.82 Å². The lowest BCUT2D eigenvalue weighted by molar-refractivity contribution is -0.139. The Kier molecular flexibility index (Phi) is 14.0. The number of carbonyl (C=O) groups is 1. The van der Waals surface area contributed by atoms with Crippen molar-refractivity contribution in [1.82, 2.24) is 9.97 Å². The summed E-state index contributed by atoms with van der Waals surface area (Å²) in [5, 5.41) is 9.55. The van der Waals surface area contributed by atoms with Gasteiger partial charge in [-0.1, -0.05) is 90.9 Å². The van der Waals surface area contributed by atoms with Crippen molar-refractivity contribution < 1.29 is 14.6 Å². The molecule has 0 bridgehead atoms. The van der Waals surface area contributed by atoms with Crippen molar-refractivity contribution in [2.45, 2.75) is 110 Å². The number of benzene rings is 1. The fourth-order valence-corrected chi connectivity index (χ4v) is 4.18. The van der Waals surface area contributed by atoms with Crippen LogP contribution in [0.1, 0.15) is 115 Å². The SMILES string of the molecule is CCCCCCCCCCCCOc1ccc(-c2ncc(C(CCCCC)C(=O)O)cn2)cc1. The van der Waals surface area contributed by atoms with Gasteiger partial charge in [-0.3, -0.25) is 4.79 Å². The molecule has 0 saturated heterocycles. The van der Waals surface area contributed by atoms with Gasteiger partial charge in [-0.05, 0) is 37.1 Å². The van der Waals surface area contributed by atoms with Gasteiger partial charge in [-0.15, -0.1) is 0 Å². The molecule has 1 aromatic heterocycles. The van der Waals surface area contributed by atoms with Crippen LogP contribution in [0.5, 0.6) is 5.75 Å². The molecule has 0 aliphatic rings. The smallest absolute Gasteiger partial charge is 0.311 e. The van der Waals surface area contributed by atoms with Gasteiger partial charge in [0.1, 0.15) is 5.75 Å². The Morgan fingerprint density at radius 2 is 1.32 bits per heavy atom. The molecule has 0 fully saturated rings. The third kappa shape index (κ3) is 10.7. The highest BCUT2D eigenvalue weighted by atomic mass is 16.5.